The van der Waals surface area contributed by atoms with E-state index in [1.54, 1.807) is 6.20 Å². The molecule has 3 rings (SSSR count). The number of amides is 1. The summed E-state index contributed by atoms with van der Waals surface area (Å²) in [5, 5.41) is 0.875. The van der Waals surface area contributed by atoms with Crippen LogP contribution in [0.5, 0.6) is 0 Å². The van der Waals surface area contributed by atoms with Gasteiger partial charge in [-0.3, -0.25) is 14.5 Å². The smallest absolute Gasteiger partial charge is 0.299 e. The minimum absolute atomic E-state index is 0.174. The second-order valence-electron chi connectivity index (χ2n) is 4.35. The Morgan fingerprint density at radius 3 is 2.80 bits per heavy atom. The summed E-state index contributed by atoms with van der Waals surface area (Å²) in [6.07, 6.45) is 1.66. The number of aromatic nitrogens is 1. The first-order valence-electron chi connectivity index (χ1n) is 5.74. The molecule has 1 amide bonds. The Hall–Kier alpha value is -1.60. The van der Waals surface area contributed by atoms with Gasteiger partial charge < -0.3 is 0 Å². The number of hydrogen-bond acceptors (Lipinski definition) is 4. The molecule has 0 fully saturated rings. The van der Waals surface area contributed by atoms with Crippen molar-refractivity contribution in [1.29, 1.82) is 0 Å². The lowest BCUT2D eigenvalue weighted by Gasteiger charge is -2.15. The number of benzene rings is 1. The van der Waals surface area contributed by atoms with Crippen LogP contribution in [0.3, 0.4) is 0 Å². The Morgan fingerprint density at radius 1 is 1.40 bits per heavy atom. The molecule has 1 aromatic heterocycles. The molecule has 102 valence electrons. The van der Waals surface area contributed by atoms with Gasteiger partial charge in [-0.25, -0.2) is 9.37 Å². The van der Waals surface area contributed by atoms with Crippen LogP contribution in [0.2, 0.25) is 0 Å². The Bertz CT molecular complexity index is 744. The van der Waals surface area contributed by atoms with Gasteiger partial charge in [-0.1, -0.05) is 0 Å². The number of anilines is 1. The zero-order chi connectivity index (χ0) is 14.4. The number of Topliss-reactive ketones (excluding diaryl/α,β-unsaturated/α-hetero) is 1. The van der Waals surface area contributed by atoms with Gasteiger partial charge in [0.1, 0.15) is 5.82 Å². The van der Waals surface area contributed by atoms with E-state index in [0.29, 0.717) is 5.69 Å². The number of halogens is 2. The van der Waals surface area contributed by atoms with Crippen molar-refractivity contribution in [3.8, 4) is 0 Å². The lowest BCUT2D eigenvalue weighted by molar-refractivity contribution is -0.114. The largest absolute Gasteiger partial charge is 0.299 e. The maximum Gasteiger partial charge on any atom is 0.299 e. The highest BCUT2D eigenvalue weighted by Crippen LogP contribution is 2.34. The number of thiazole rings is 1. The van der Waals surface area contributed by atoms with E-state index >= 15 is 0 Å². The van der Waals surface area contributed by atoms with Crippen molar-refractivity contribution in [2.24, 2.45) is 0 Å². The predicted molar refractivity (Wildman–Crippen MR) is 76.5 cm³/mol. The number of carbonyl (C=O) groups excluding carboxylic acids is 2. The van der Waals surface area contributed by atoms with Gasteiger partial charge in [0.05, 0.1) is 27.3 Å². The highest BCUT2D eigenvalue weighted by Gasteiger charge is 2.36. The number of aryl methyl sites for hydroxylation is 1. The zero-order valence-electron chi connectivity index (χ0n) is 10.3. The number of ketones is 1. The van der Waals surface area contributed by atoms with Crippen LogP contribution in [-0.2, 0) is 11.3 Å². The van der Waals surface area contributed by atoms with Gasteiger partial charge in [0.25, 0.3) is 11.7 Å². The molecule has 2 heterocycles. The minimum Gasteiger partial charge on any atom is -0.299 e. The van der Waals surface area contributed by atoms with Gasteiger partial charge in [-0.05, 0) is 35.0 Å². The summed E-state index contributed by atoms with van der Waals surface area (Å²) in [7, 11) is 0. The van der Waals surface area contributed by atoms with Crippen LogP contribution in [0.1, 0.15) is 20.2 Å². The first kappa shape index (κ1) is 13.4. The van der Waals surface area contributed by atoms with Crippen molar-refractivity contribution in [3.05, 3.63) is 44.1 Å². The van der Waals surface area contributed by atoms with Crippen LogP contribution in [0, 0.1) is 12.7 Å². The van der Waals surface area contributed by atoms with E-state index in [1.165, 1.54) is 28.4 Å². The standard InChI is InChI=1S/C13H8BrFN2O2S/c1-6-16-4-7(20-6)5-17-11-3-10(15)9(14)2-8(11)12(18)13(17)19/h2-4H,5H2,1H3. The molecule has 0 spiro atoms. The molecule has 1 aliphatic rings. The highest BCUT2D eigenvalue weighted by molar-refractivity contribution is 9.10. The molecule has 0 N–H and O–H groups in total. The fourth-order valence-electron chi connectivity index (χ4n) is 2.08. The molecule has 0 aliphatic carbocycles. The first-order valence-corrected chi connectivity index (χ1v) is 7.35. The molecule has 0 saturated heterocycles. The van der Waals surface area contributed by atoms with Crippen molar-refractivity contribution in [3.63, 3.8) is 0 Å². The molecular formula is C13H8BrFN2O2S. The van der Waals surface area contributed by atoms with Gasteiger partial charge in [0, 0.05) is 11.1 Å². The SMILES string of the molecule is Cc1ncc(CN2C(=O)C(=O)c3cc(Br)c(F)cc32)s1. The molecule has 7 heteroatoms. The van der Waals surface area contributed by atoms with Gasteiger partial charge in [0.15, 0.2) is 0 Å². The number of nitrogens with zero attached hydrogens (tertiary/aromatic N) is 2. The summed E-state index contributed by atoms with van der Waals surface area (Å²) >= 11 is 4.46. The fourth-order valence-corrected chi connectivity index (χ4v) is 3.21. The summed E-state index contributed by atoms with van der Waals surface area (Å²) in [6.45, 7) is 2.08. The Balaban J connectivity index is 2.03. The average Bonchev–Trinajstić information content (AvgIpc) is 2.90. The Kier molecular flexibility index (Phi) is 3.18. The number of carbonyl (C=O) groups is 2. The maximum atomic E-state index is 13.6. The second-order valence-corrected chi connectivity index (χ2v) is 6.52. The normalized spacial score (nSPS) is 14.1. The van der Waals surface area contributed by atoms with E-state index in [2.05, 4.69) is 20.9 Å². The highest BCUT2D eigenvalue weighted by atomic mass is 79.9. The van der Waals surface area contributed by atoms with E-state index in [9.17, 15) is 14.0 Å². The first-order chi connectivity index (χ1) is 9.47. The summed E-state index contributed by atoms with van der Waals surface area (Å²) in [5.74, 6) is -1.75. The molecule has 0 bridgehead atoms. The lowest BCUT2D eigenvalue weighted by Crippen LogP contribution is -2.28. The summed E-state index contributed by atoms with van der Waals surface area (Å²) in [5.41, 5.74) is 0.538. The quantitative estimate of drug-likeness (QED) is 0.778. The van der Waals surface area contributed by atoms with Gasteiger partial charge >= 0.3 is 0 Å². The topological polar surface area (TPSA) is 50.3 Å². The van der Waals surface area contributed by atoms with E-state index in [-0.39, 0.29) is 16.6 Å². The van der Waals surface area contributed by atoms with Crippen molar-refractivity contribution < 1.29 is 14.0 Å². The van der Waals surface area contributed by atoms with E-state index < -0.39 is 17.5 Å². The maximum absolute atomic E-state index is 13.6. The molecule has 1 aliphatic heterocycles. The molecule has 0 unspecified atom stereocenters. The minimum atomic E-state index is -0.636. The van der Waals surface area contributed by atoms with Gasteiger partial charge in [-0.2, -0.15) is 0 Å². The Morgan fingerprint density at radius 2 is 2.15 bits per heavy atom. The molecule has 0 saturated carbocycles. The summed E-state index contributed by atoms with van der Waals surface area (Å²) in [6, 6.07) is 2.55. The van der Waals surface area contributed by atoms with E-state index in [0.717, 1.165) is 9.88 Å². The van der Waals surface area contributed by atoms with Crippen LogP contribution < -0.4 is 4.90 Å². The van der Waals surface area contributed by atoms with Crippen LogP contribution in [-0.4, -0.2) is 16.7 Å². The van der Waals surface area contributed by atoms with Crippen LogP contribution in [0.4, 0.5) is 10.1 Å². The van der Waals surface area contributed by atoms with Gasteiger partial charge in [0.2, 0.25) is 0 Å². The van der Waals surface area contributed by atoms with Crippen molar-refractivity contribution >= 4 is 44.6 Å². The van der Waals surface area contributed by atoms with Gasteiger partial charge in [-0.15, -0.1) is 11.3 Å². The van der Waals surface area contributed by atoms with E-state index in [4.69, 9.17) is 0 Å². The molecular weight excluding hydrogens is 347 g/mol. The third-order valence-electron chi connectivity index (χ3n) is 3.00. The summed E-state index contributed by atoms with van der Waals surface area (Å²) in [4.78, 5) is 30.2. The summed E-state index contributed by atoms with van der Waals surface area (Å²) < 4.78 is 13.8. The monoisotopic (exact) mass is 354 g/mol. The zero-order valence-corrected chi connectivity index (χ0v) is 12.7. The third kappa shape index (κ3) is 2.06. The van der Waals surface area contributed by atoms with Crippen molar-refractivity contribution in [1.82, 2.24) is 4.98 Å². The van der Waals surface area contributed by atoms with Crippen molar-refractivity contribution in [2.75, 3.05) is 4.90 Å². The second kappa shape index (κ2) is 4.75. The fraction of sp³-hybridized carbons (Fsp3) is 0.154. The molecule has 0 radical (unpaired) electrons. The number of fused-ring (bicyclic) bond motifs is 1. The van der Waals surface area contributed by atoms with E-state index in [1.807, 2.05) is 6.92 Å². The average molecular weight is 355 g/mol. The predicted octanol–water partition coefficient (Wildman–Crippen LogP) is 3.08. The number of rotatable bonds is 2. The van der Waals surface area contributed by atoms with Crippen LogP contribution in [0.25, 0.3) is 0 Å². The Labute approximate surface area is 126 Å². The molecule has 0 atom stereocenters. The number of hydrogen-bond donors (Lipinski definition) is 0. The third-order valence-corrected chi connectivity index (χ3v) is 4.50. The van der Waals surface area contributed by atoms with Crippen LogP contribution >= 0.6 is 27.3 Å². The molecule has 2 aromatic rings. The van der Waals surface area contributed by atoms with Crippen LogP contribution in [0.15, 0.2) is 22.8 Å². The molecule has 4 nitrogen and oxygen atoms in total. The lowest BCUT2D eigenvalue weighted by atomic mass is 10.1. The molecule has 1 aromatic carbocycles. The van der Waals surface area contributed by atoms with Crippen molar-refractivity contribution in [2.45, 2.75) is 13.5 Å². The molecule has 20 heavy (non-hydrogen) atoms.